The zero-order chi connectivity index (χ0) is 13.5. The summed E-state index contributed by atoms with van der Waals surface area (Å²) >= 11 is 1.58. The molecule has 0 atom stereocenters. The first-order valence-electron chi connectivity index (χ1n) is 6.51. The molecular weight excluding hydrogens is 272 g/mol. The molecule has 1 N–H and O–H groups in total. The smallest absolute Gasteiger partial charge is 0.229 e. The maximum absolute atomic E-state index is 11.8. The van der Waals surface area contributed by atoms with Gasteiger partial charge in [-0.2, -0.15) is 0 Å². The highest BCUT2D eigenvalue weighted by atomic mass is 32.1. The minimum atomic E-state index is 0.0542. The topological polar surface area (TPSA) is 59.8 Å². The molecule has 20 heavy (non-hydrogen) atoms. The standard InChI is InChI=1S/C14H12N4OS/c19-12(9-5-6-9)17-13-15-7-8-18(13)14-16-10-3-1-2-4-11(10)20-14/h1-4,7-9H,5-6H2,(H,15,17,19). The number of aromatic nitrogens is 3. The van der Waals surface area contributed by atoms with Gasteiger partial charge in [-0.15, -0.1) is 0 Å². The van der Waals surface area contributed by atoms with E-state index in [1.165, 1.54) is 0 Å². The Bertz CT molecular complexity index is 754. The molecule has 2 aromatic heterocycles. The number of amides is 1. The monoisotopic (exact) mass is 284 g/mol. The molecule has 1 fully saturated rings. The minimum absolute atomic E-state index is 0.0542. The summed E-state index contributed by atoms with van der Waals surface area (Å²) in [7, 11) is 0. The molecule has 0 spiro atoms. The number of nitrogens with one attached hydrogen (secondary N) is 1. The molecule has 6 heteroatoms. The molecule has 0 unspecified atom stereocenters. The summed E-state index contributed by atoms with van der Waals surface area (Å²) in [4.78, 5) is 20.6. The normalized spacial score (nSPS) is 14.6. The van der Waals surface area contributed by atoms with Crippen LogP contribution in [-0.4, -0.2) is 20.4 Å². The third-order valence-electron chi connectivity index (χ3n) is 3.31. The molecule has 0 saturated heterocycles. The van der Waals surface area contributed by atoms with Gasteiger partial charge in [-0.25, -0.2) is 9.97 Å². The molecule has 4 rings (SSSR count). The fraction of sp³-hybridized carbons (Fsp3) is 0.214. The maximum Gasteiger partial charge on any atom is 0.229 e. The van der Waals surface area contributed by atoms with E-state index in [1.54, 1.807) is 17.5 Å². The second kappa shape index (κ2) is 4.42. The zero-order valence-corrected chi connectivity index (χ0v) is 11.4. The third kappa shape index (κ3) is 1.98. The molecule has 0 aliphatic heterocycles. The van der Waals surface area contributed by atoms with E-state index in [0.717, 1.165) is 28.2 Å². The Kier molecular flexibility index (Phi) is 2.56. The van der Waals surface area contributed by atoms with Crippen molar-refractivity contribution in [3.8, 4) is 5.13 Å². The van der Waals surface area contributed by atoms with E-state index in [1.807, 2.05) is 35.0 Å². The first kappa shape index (κ1) is 11.6. The van der Waals surface area contributed by atoms with Gasteiger partial charge < -0.3 is 0 Å². The summed E-state index contributed by atoms with van der Waals surface area (Å²) in [6.45, 7) is 0. The van der Waals surface area contributed by atoms with Gasteiger partial charge in [0.15, 0.2) is 5.13 Å². The lowest BCUT2D eigenvalue weighted by atomic mass is 10.3. The number of nitrogens with zero attached hydrogens (tertiary/aromatic N) is 3. The Morgan fingerprint density at radius 3 is 3.00 bits per heavy atom. The number of fused-ring (bicyclic) bond motifs is 1. The van der Waals surface area contributed by atoms with Crippen molar-refractivity contribution < 1.29 is 4.79 Å². The maximum atomic E-state index is 11.8. The largest absolute Gasteiger partial charge is 0.295 e. The van der Waals surface area contributed by atoms with Crippen molar-refractivity contribution in [2.45, 2.75) is 12.8 Å². The van der Waals surface area contributed by atoms with Crippen LogP contribution in [-0.2, 0) is 4.79 Å². The summed E-state index contributed by atoms with van der Waals surface area (Å²) in [5.41, 5.74) is 0.959. The van der Waals surface area contributed by atoms with Crippen LogP contribution in [0.5, 0.6) is 0 Å². The number of para-hydroxylation sites is 1. The van der Waals surface area contributed by atoms with Crippen LogP contribution in [0.25, 0.3) is 15.3 Å². The van der Waals surface area contributed by atoms with Gasteiger partial charge in [-0.1, -0.05) is 23.5 Å². The van der Waals surface area contributed by atoms with E-state index in [-0.39, 0.29) is 11.8 Å². The van der Waals surface area contributed by atoms with Gasteiger partial charge in [0.05, 0.1) is 10.2 Å². The van der Waals surface area contributed by atoms with Crippen molar-refractivity contribution in [3.63, 3.8) is 0 Å². The van der Waals surface area contributed by atoms with Crippen LogP contribution in [0.15, 0.2) is 36.7 Å². The lowest BCUT2D eigenvalue weighted by Gasteiger charge is -2.05. The lowest BCUT2D eigenvalue weighted by Crippen LogP contribution is -2.16. The number of imidazole rings is 1. The molecule has 100 valence electrons. The van der Waals surface area contributed by atoms with Crippen LogP contribution >= 0.6 is 11.3 Å². The molecular formula is C14H12N4OS. The Morgan fingerprint density at radius 2 is 2.20 bits per heavy atom. The van der Waals surface area contributed by atoms with Gasteiger partial charge in [-0.05, 0) is 25.0 Å². The van der Waals surface area contributed by atoms with Crippen LogP contribution in [0.4, 0.5) is 5.95 Å². The van der Waals surface area contributed by atoms with E-state index in [4.69, 9.17) is 0 Å². The third-order valence-corrected chi connectivity index (χ3v) is 4.35. The van der Waals surface area contributed by atoms with Gasteiger partial charge in [0.2, 0.25) is 11.9 Å². The van der Waals surface area contributed by atoms with Gasteiger partial charge in [-0.3, -0.25) is 14.7 Å². The van der Waals surface area contributed by atoms with Gasteiger partial charge in [0.1, 0.15) is 0 Å². The highest BCUT2D eigenvalue weighted by Gasteiger charge is 2.30. The fourth-order valence-electron chi connectivity index (χ4n) is 2.07. The summed E-state index contributed by atoms with van der Waals surface area (Å²) < 4.78 is 2.95. The Labute approximate surface area is 119 Å². The van der Waals surface area contributed by atoms with Crippen molar-refractivity contribution in [3.05, 3.63) is 36.7 Å². The Balaban J connectivity index is 1.70. The highest BCUT2D eigenvalue weighted by molar-refractivity contribution is 7.20. The molecule has 1 aromatic carbocycles. The second-order valence-corrected chi connectivity index (χ2v) is 5.86. The Morgan fingerprint density at radius 1 is 1.35 bits per heavy atom. The molecule has 1 saturated carbocycles. The molecule has 1 amide bonds. The van der Waals surface area contributed by atoms with E-state index < -0.39 is 0 Å². The van der Waals surface area contributed by atoms with Crippen LogP contribution in [0, 0.1) is 5.92 Å². The predicted octanol–water partition coefficient (Wildman–Crippen LogP) is 2.83. The van der Waals surface area contributed by atoms with E-state index in [2.05, 4.69) is 15.3 Å². The van der Waals surface area contributed by atoms with Crippen molar-refractivity contribution >= 4 is 33.4 Å². The van der Waals surface area contributed by atoms with Gasteiger partial charge in [0, 0.05) is 18.3 Å². The number of rotatable bonds is 3. The molecule has 3 aromatic rings. The number of benzene rings is 1. The summed E-state index contributed by atoms with van der Waals surface area (Å²) in [6.07, 6.45) is 5.45. The van der Waals surface area contributed by atoms with Crippen LogP contribution in [0.3, 0.4) is 0 Å². The molecule has 0 radical (unpaired) electrons. The van der Waals surface area contributed by atoms with E-state index >= 15 is 0 Å². The number of hydrogen-bond acceptors (Lipinski definition) is 4. The molecule has 5 nitrogen and oxygen atoms in total. The first-order chi connectivity index (χ1) is 9.81. The number of carbonyl (C=O) groups excluding carboxylic acids is 1. The average molecular weight is 284 g/mol. The van der Waals surface area contributed by atoms with Crippen molar-refractivity contribution in [2.24, 2.45) is 5.92 Å². The van der Waals surface area contributed by atoms with Gasteiger partial charge in [0.25, 0.3) is 0 Å². The zero-order valence-electron chi connectivity index (χ0n) is 10.6. The van der Waals surface area contributed by atoms with E-state index in [9.17, 15) is 4.79 Å². The number of hydrogen-bond donors (Lipinski definition) is 1. The van der Waals surface area contributed by atoms with E-state index in [0.29, 0.717) is 5.95 Å². The Hall–Kier alpha value is -2.21. The average Bonchev–Trinajstić information content (AvgIpc) is 3.07. The number of carbonyl (C=O) groups is 1. The van der Waals surface area contributed by atoms with Crippen LogP contribution < -0.4 is 5.32 Å². The van der Waals surface area contributed by atoms with Gasteiger partial charge >= 0.3 is 0 Å². The number of thiazole rings is 1. The second-order valence-electron chi connectivity index (χ2n) is 4.85. The highest BCUT2D eigenvalue weighted by Crippen LogP contribution is 2.31. The lowest BCUT2D eigenvalue weighted by molar-refractivity contribution is -0.117. The quantitative estimate of drug-likeness (QED) is 0.804. The summed E-state index contributed by atoms with van der Waals surface area (Å²) in [5, 5.41) is 3.69. The van der Waals surface area contributed by atoms with Crippen LogP contribution in [0.1, 0.15) is 12.8 Å². The minimum Gasteiger partial charge on any atom is -0.295 e. The fourth-order valence-corrected chi connectivity index (χ4v) is 3.02. The summed E-state index contributed by atoms with van der Waals surface area (Å²) in [6, 6.07) is 7.98. The van der Waals surface area contributed by atoms with Crippen molar-refractivity contribution in [1.29, 1.82) is 0 Å². The van der Waals surface area contributed by atoms with Crippen molar-refractivity contribution in [2.75, 3.05) is 5.32 Å². The van der Waals surface area contributed by atoms with Crippen molar-refractivity contribution in [1.82, 2.24) is 14.5 Å². The SMILES string of the molecule is O=C(Nc1nccn1-c1nc2ccccc2s1)C1CC1. The molecule has 0 bridgehead atoms. The summed E-state index contributed by atoms with van der Waals surface area (Å²) in [5.74, 6) is 0.759. The molecule has 2 heterocycles. The predicted molar refractivity (Wildman–Crippen MR) is 78.1 cm³/mol. The number of anilines is 1. The molecule has 1 aliphatic rings. The molecule has 1 aliphatic carbocycles. The first-order valence-corrected chi connectivity index (χ1v) is 7.33. The van der Waals surface area contributed by atoms with Crippen LogP contribution in [0.2, 0.25) is 0 Å².